The highest BCUT2D eigenvalue weighted by atomic mass is 79.9. The third-order valence-corrected chi connectivity index (χ3v) is 4.22. The quantitative estimate of drug-likeness (QED) is 0.684. The van der Waals surface area contributed by atoms with Crippen LogP contribution in [0.2, 0.25) is 0 Å². The molecule has 0 heterocycles. The lowest BCUT2D eigenvalue weighted by atomic mass is 10.0. The SMILES string of the molecule is CC(C)Oc1cccc(CCC(Br)C(C)C)c1. The van der Waals surface area contributed by atoms with Gasteiger partial charge in [0.1, 0.15) is 5.75 Å². The first kappa shape index (κ1) is 14.6. The Morgan fingerprint density at radius 3 is 2.47 bits per heavy atom. The molecule has 1 aromatic rings. The van der Waals surface area contributed by atoms with Gasteiger partial charge in [-0.2, -0.15) is 0 Å². The van der Waals surface area contributed by atoms with Crippen molar-refractivity contribution >= 4 is 15.9 Å². The molecule has 17 heavy (non-hydrogen) atoms. The van der Waals surface area contributed by atoms with E-state index in [1.54, 1.807) is 0 Å². The summed E-state index contributed by atoms with van der Waals surface area (Å²) in [5.74, 6) is 1.67. The molecule has 0 saturated carbocycles. The Morgan fingerprint density at radius 2 is 1.88 bits per heavy atom. The molecule has 1 rings (SSSR count). The molecule has 1 aromatic carbocycles. The molecule has 0 aliphatic carbocycles. The summed E-state index contributed by atoms with van der Waals surface area (Å²) in [6.07, 6.45) is 2.51. The van der Waals surface area contributed by atoms with E-state index in [0.29, 0.717) is 10.7 Å². The van der Waals surface area contributed by atoms with Crippen molar-refractivity contribution in [3.05, 3.63) is 29.8 Å². The van der Waals surface area contributed by atoms with Crippen molar-refractivity contribution in [1.82, 2.24) is 0 Å². The van der Waals surface area contributed by atoms with Gasteiger partial charge in [-0.1, -0.05) is 41.9 Å². The van der Waals surface area contributed by atoms with Crippen LogP contribution >= 0.6 is 15.9 Å². The smallest absolute Gasteiger partial charge is 0.119 e. The molecule has 0 fully saturated rings. The van der Waals surface area contributed by atoms with Crippen LogP contribution < -0.4 is 4.74 Å². The zero-order valence-corrected chi connectivity index (χ0v) is 12.8. The largest absolute Gasteiger partial charge is 0.491 e. The lowest BCUT2D eigenvalue weighted by Crippen LogP contribution is -2.08. The second-order valence-electron chi connectivity index (χ2n) is 5.11. The molecular weight excluding hydrogens is 276 g/mol. The number of benzene rings is 1. The van der Waals surface area contributed by atoms with Gasteiger partial charge in [-0.25, -0.2) is 0 Å². The fourth-order valence-electron chi connectivity index (χ4n) is 1.68. The van der Waals surface area contributed by atoms with E-state index in [1.165, 1.54) is 12.0 Å². The number of rotatable bonds is 6. The van der Waals surface area contributed by atoms with Crippen molar-refractivity contribution in [3.8, 4) is 5.75 Å². The summed E-state index contributed by atoms with van der Waals surface area (Å²) >= 11 is 3.73. The number of halogens is 1. The minimum Gasteiger partial charge on any atom is -0.491 e. The Morgan fingerprint density at radius 1 is 1.18 bits per heavy atom. The molecule has 1 unspecified atom stereocenters. The van der Waals surface area contributed by atoms with E-state index < -0.39 is 0 Å². The van der Waals surface area contributed by atoms with E-state index in [1.807, 2.05) is 6.07 Å². The van der Waals surface area contributed by atoms with Crippen LogP contribution in [0.4, 0.5) is 0 Å². The molecule has 0 saturated heterocycles. The standard InChI is InChI=1S/C15H23BrO/c1-11(2)15(16)9-8-13-6-5-7-14(10-13)17-12(3)4/h5-7,10-12,15H,8-9H2,1-4H3. The summed E-state index contributed by atoms with van der Waals surface area (Å²) in [5.41, 5.74) is 1.35. The first-order valence-corrected chi connectivity index (χ1v) is 7.30. The fraction of sp³-hybridized carbons (Fsp3) is 0.600. The van der Waals surface area contributed by atoms with E-state index in [2.05, 4.69) is 61.8 Å². The van der Waals surface area contributed by atoms with Gasteiger partial charge < -0.3 is 4.74 Å². The van der Waals surface area contributed by atoms with E-state index in [4.69, 9.17) is 4.74 Å². The molecule has 0 aliphatic heterocycles. The molecule has 0 radical (unpaired) electrons. The average Bonchev–Trinajstić information content (AvgIpc) is 2.25. The number of alkyl halides is 1. The Kier molecular flexibility index (Phi) is 6.04. The number of hydrogen-bond acceptors (Lipinski definition) is 1. The summed E-state index contributed by atoms with van der Waals surface area (Å²) in [5, 5.41) is 0. The van der Waals surface area contributed by atoms with Crippen LogP contribution in [0.25, 0.3) is 0 Å². The summed E-state index contributed by atoms with van der Waals surface area (Å²) in [4.78, 5) is 0.595. The number of hydrogen-bond donors (Lipinski definition) is 0. The Balaban J connectivity index is 2.54. The van der Waals surface area contributed by atoms with Gasteiger partial charge in [-0.15, -0.1) is 0 Å². The van der Waals surface area contributed by atoms with Crippen LogP contribution in [0, 0.1) is 5.92 Å². The van der Waals surface area contributed by atoms with Gasteiger partial charge in [0.15, 0.2) is 0 Å². The zero-order valence-electron chi connectivity index (χ0n) is 11.2. The molecule has 0 amide bonds. The maximum atomic E-state index is 5.70. The van der Waals surface area contributed by atoms with Crippen LogP contribution in [0.15, 0.2) is 24.3 Å². The van der Waals surface area contributed by atoms with Gasteiger partial charge in [0.05, 0.1) is 6.10 Å². The van der Waals surface area contributed by atoms with Gasteiger partial charge in [-0.05, 0) is 50.3 Å². The van der Waals surface area contributed by atoms with Crippen molar-refractivity contribution < 1.29 is 4.74 Å². The highest BCUT2D eigenvalue weighted by molar-refractivity contribution is 9.09. The first-order chi connectivity index (χ1) is 7.99. The van der Waals surface area contributed by atoms with Crippen LogP contribution in [-0.4, -0.2) is 10.9 Å². The van der Waals surface area contributed by atoms with Crippen LogP contribution in [0.3, 0.4) is 0 Å². The van der Waals surface area contributed by atoms with Crippen LogP contribution in [0.5, 0.6) is 5.75 Å². The molecule has 0 N–H and O–H groups in total. The topological polar surface area (TPSA) is 9.23 Å². The third-order valence-electron chi connectivity index (χ3n) is 2.70. The minimum atomic E-state index is 0.241. The lowest BCUT2D eigenvalue weighted by Gasteiger charge is -2.14. The van der Waals surface area contributed by atoms with E-state index in [-0.39, 0.29) is 6.10 Å². The summed E-state index contributed by atoms with van der Waals surface area (Å²) in [7, 11) is 0. The molecule has 2 heteroatoms. The lowest BCUT2D eigenvalue weighted by molar-refractivity contribution is 0.242. The Bertz CT molecular complexity index is 333. The molecule has 96 valence electrons. The Hall–Kier alpha value is -0.500. The van der Waals surface area contributed by atoms with Crippen molar-refractivity contribution in [2.24, 2.45) is 5.92 Å². The zero-order chi connectivity index (χ0) is 12.8. The van der Waals surface area contributed by atoms with Crippen molar-refractivity contribution in [2.75, 3.05) is 0 Å². The maximum Gasteiger partial charge on any atom is 0.119 e. The van der Waals surface area contributed by atoms with Crippen molar-refractivity contribution in [2.45, 2.75) is 51.5 Å². The van der Waals surface area contributed by atoms with Crippen LogP contribution in [0.1, 0.15) is 39.7 Å². The predicted molar refractivity (Wildman–Crippen MR) is 78.1 cm³/mol. The average molecular weight is 299 g/mol. The molecule has 1 nitrogen and oxygen atoms in total. The van der Waals surface area contributed by atoms with Gasteiger partial charge in [0.2, 0.25) is 0 Å². The molecule has 0 spiro atoms. The predicted octanol–water partition coefficient (Wildman–Crippen LogP) is 4.83. The van der Waals surface area contributed by atoms with Gasteiger partial charge in [0, 0.05) is 4.83 Å². The highest BCUT2D eigenvalue weighted by Crippen LogP contribution is 2.21. The summed E-state index contributed by atoms with van der Waals surface area (Å²) < 4.78 is 5.70. The monoisotopic (exact) mass is 298 g/mol. The molecule has 0 aromatic heterocycles. The fourth-order valence-corrected chi connectivity index (χ4v) is 1.91. The normalized spacial score (nSPS) is 13.1. The molecule has 0 aliphatic rings. The molecule has 1 atom stereocenters. The van der Waals surface area contributed by atoms with E-state index in [0.717, 1.165) is 12.2 Å². The van der Waals surface area contributed by atoms with Gasteiger partial charge in [-0.3, -0.25) is 0 Å². The second kappa shape index (κ2) is 7.05. The van der Waals surface area contributed by atoms with Crippen molar-refractivity contribution in [3.63, 3.8) is 0 Å². The van der Waals surface area contributed by atoms with Gasteiger partial charge in [0.25, 0.3) is 0 Å². The number of ether oxygens (including phenoxy) is 1. The summed E-state index contributed by atoms with van der Waals surface area (Å²) in [6, 6.07) is 8.43. The number of aryl methyl sites for hydroxylation is 1. The first-order valence-electron chi connectivity index (χ1n) is 6.38. The minimum absolute atomic E-state index is 0.241. The van der Waals surface area contributed by atoms with E-state index in [9.17, 15) is 0 Å². The van der Waals surface area contributed by atoms with E-state index >= 15 is 0 Å². The second-order valence-corrected chi connectivity index (χ2v) is 6.29. The molecular formula is C15H23BrO. The Labute approximate surface area is 114 Å². The highest BCUT2D eigenvalue weighted by Gasteiger charge is 2.09. The molecule has 0 bridgehead atoms. The van der Waals surface area contributed by atoms with Gasteiger partial charge >= 0.3 is 0 Å². The third kappa shape index (κ3) is 5.58. The van der Waals surface area contributed by atoms with Crippen LogP contribution in [-0.2, 0) is 6.42 Å². The maximum absolute atomic E-state index is 5.70. The summed E-state index contributed by atoms with van der Waals surface area (Å²) in [6.45, 7) is 8.61. The van der Waals surface area contributed by atoms with Crippen molar-refractivity contribution in [1.29, 1.82) is 0 Å².